The molecular formula is C19H37N5. The molecule has 2 saturated carbocycles. The normalized spacial score (nSPS) is 24.7. The van der Waals surface area contributed by atoms with Gasteiger partial charge < -0.3 is 20.4 Å². The van der Waals surface area contributed by atoms with Crippen molar-refractivity contribution in [3.05, 3.63) is 0 Å². The fourth-order valence-electron chi connectivity index (χ4n) is 4.21. The van der Waals surface area contributed by atoms with Crippen molar-refractivity contribution in [1.29, 1.82) is 0 Å². The van der Waals surface area contributed by atoms with Gasteiger partial charge in [-0.25, -0.2) is 0 Å². The highest BCUT2D eigenvalue weighted by molar-refractivity contribution is 5.80. The molecule has 0 amide bonds. The molecule has 1 saturated heterocycles. The number of likely N-dealkylation sites (N-methyl/N-ethyl adjacent to an activating group) is 1. The Morgan fingerprint density at radius 1 is 1.08 bits per heavy atom. The van der Waals surface area contributed by atoms with Crippen LogP contribution in [0.4, 0.5) is 0 Å². The van der Waals surface area contributed by atoms with Crippen LogP contribution in [0.25, 0.3) is 0 Å². The molecule has 0 bridgehead atoms. The highest BCUT2D eigenvalue weighted by atomic mass is 15.2. The summed E-state index contributed by atoms with van der Waals surface area (Å²) in [5, 5.41) is 7.10. The van der Waals surface area contributed by atoms with Gasteiger partial charge in [0.15, 0.2) is 5.96 Å². The molecule has 0 unspecified atom stereocenters. The van der Waals surface area contributed by atoms with E-state index in [1.54, 1.807) is 0 Å². The van der Waals surface area contributed by atoms with Gasteiger partial charge in [0.05, 0.1) is 6.54 Å². The van der Waals surface area contributed by atoms with Crippen LogP contribution in [0.2, 0.25) is 0 Å². The first-order valence-corrected chi connectivity index (χ1v) is 10.3. The molecule has 0 spiro atoms. The predicted octanol–water partition coefficient (Wildman–Crippen LogP) is 2.04. The van der Waals surface area contributed by atoms with Crippen LogP contribution in [-0.4, -0.2) is 73.7 Å². The lowest BCUT2D eigenvalue weighted by atomic mass is 10.1. The molecule has 3 rings (SSSR count). The topological polar surface area (TPSA) is 42.9 Å². The van der Waals surface area contributed by atoms with E-state index in [0.717, 1.165) is 37.7 Å². The first-order chi connectivity index (χ1) is 11.8. The number of aliphatic imine (C=N–C) groups is 1. The maximum atomic E-state index is 4.82. The highest BCUT2D eigenvalue weighted by Crippen LogP contribution is 2.29. The first kappa shape index (κ1) is 18.0. The molecule has 24 heavy (non-hydrogen) atoms. The molecule has 138 valence electrons. The van der Waals surface area contributed by atoms with E-state index in [2.05, 4.69) is 34.4 Å². The molecule has 0 radical (unpaired) electrons. The van der Waals surface area contributed by atoms with E-state index in [1.165, 1.54) is 64.5 Å². The molecule has 5 heteroatoms. The Morgan fingerprint density at radius 3 is 2.42 bits per heavy atom. The van der Waals surface area contributed by atoms with Crippen LogP contribution < -0.4 is 10.6 Å². The Labute approximate surface area is 148 Å². The molecule has 0 aromatic rings. The Hall–Kier alpha value is -0.810. The number of hydrogen-bond donors (Lipinski definition) is 2. The number of guanidine groups is 1. The van der Waals surface area contributed by atoms with Crippen molar-refractivity contribution >= 4 is 5.96 Å². The molecule has 1 aliphatic heterocycles. The SMILES string of the molecule is CCNC(=NCCN(C)C1CCCC1)NC1CCN(C2CC2)CC1. The summed E-state index contributed by atoms with van der Waals surface area (Å²) in [7, 11) is 2.26. The molecule has 1 heterocycles. The molecule has 2 N–H and O–H groups in total. The Kier molecular flexibility index (Phi) is 6.78. The third kappa shape index (κ3) is 5.35. The molecule has 2 aliphatic carbocycles. The molecule has 5 nitrogen and oxygen atoms in total. The Morgan fingerprint density at radius 2 is 1.79 bits per heavy atom. The second-order valence-corrected chi connectivity index (χ2v) is 7.87. The number of nitrogens with zero attached hydrogens (tertiary/aromatic N) is 3. The summed E-state index contributed by atoms with van der Waals surface area (Å²) in [6.45, 7) is 7.56. The van der Waals surface area contributed by atoms with Crippen LogP contribution in [0.15, 0.2) is 4.99 Å². The van der Waals surface area contributed by atoms with Gasteiger partial charge in [-0.15, -0.1) is 0 Å². The van der Waals surface area contributed by atoms with Crippen molar-refractivity contribution in [2.45, 2.75) is 76.4 Å². The summed E-state index contributed by atoms with van der Waals surface area (Å²) in [5.74, 6) is 1.02. The van der Waals surface area contributed by atoms with Crippen LogP contribution in [0, 0.1) is 0 Å². The average molecular weight is 336 g/mol. The van der Waals surface area contributed by atoms with Crippen molar-refractivity contribution in [3.63, 3.8) is 0 Å². The van der Waals surface area contributed by atoms with E-state index < -0.39 is 0 Å². The van der Waals surface area contributed by atoms with Crippen molar-refractivity contribution in [3.8, 4) is 0 Å². The standard InChI is InChI=1S/C19H37N5/c1-3-20-19(21-12-15-23(2)17-6-4-5-7-17)22-16-10-13-24(14-11-16)18-8-9-18/h16-18H,3-15H2,1-2H3,(H2,20,21,22). The number of nitrogens with one attached hydrogen (secondary N) is 2. The smallest absolute Gasteiger partial charge is 0.191 e. The third-order valence-electron chi connectivity index (χ3n) is 5.95. The van der Waals surface area contributed by atoms with Crippen molar-refractivity contribution < 1.29 is 0 Å². The summed E-state index contributed by atoms with van der Waals surface area (Å²) in [4.78, 5) is 10.0. The fraction of sp³-hybridized carbons (Fsp3) is 0.947. The third-order valence-corrected chi connectivity index (χ3v) is 5.95. The lowest BCUT2D eigenvalue weighted by Gasteiger charge is -2.33. The minimum atomic E-state index is 0.588. The van der Waals surface area contributed by atoms with E-state index in [-0.39, 0.29) is 0 Å². The van der Waals surface area contributed by atoms with Crippen molar-refractivity contribution in [2.24, 2.45) is 4.99 Å². The lowest BCUT2D eigenvalue weighted by Crippen LogP contribution is -2.49. The average Bonchev–Trinajstić information content (AvgIpc) is 3.29. The van der Waals surface area contributed by atoms with Gasteiger partial charge in [-0.3, -0.25) is 4.99 Å². The predicted molar refractivity (Wildman–Crippen MR) is 102 cm³/mol. The summed E-state index contributed by atoms with van der Waals surface area (Å²) < 4.78 is 0. The van der Waals surface area contributed by atoms with Gasteiger partial charge in [0.25, 0.3) is 0 Å². The maximum Gasteiger partial charge on any atom is 0.191 e. The quantitative estimate of drug-likeness (QED) is 0.552. The summed E-state index contributed by atoms with van der Waals surface area (Å²) in [5.41, 5.74) is 0. The van der Waals surface area contributed by atoms with E-state index in [1.807, 2.05) is 0 Å². The molecule has 0 atom stereocenters. The van der Waals surface area contributed by atoms with E-state index >= 15 is 0 Å². The molecule has 3 fully saturated rings. The van der Waals surface area contributed by atoms with Crippen LogP contribution in [-0.2, 0) is 0 Å². The second-order valence-electron chi connectivity index (χ2n) is 7.87. The van der Waals surface area contributed by atoms with Crippen LogP contribution in [0.5, 0.6) is 0 Å². The first-order valence-electron chi connectivity index (χ1n) is 10.3. The van der Waals surface area contributed by atoms with E-state index in [9.17, 15) is 0 Å². The molecule has 0 aromatic carbocycles. The number of rotatable bonds is 7. The zero-order valence-corrected chi connectivity index (χ0v) is 15.8. The van der Waals surface area contributed by atoms with Crippen LogP contribution in [0.1, 0.15) is 58.3 Å². The van der Waals surface area contributed by atoms with Gasteiger partial charge in [0, 0.05) is 44.3 Å². The zero-order chi connectivity index (χ0) is 16.8. The second kappa shape index (κ2) is 9.04. The molecule has 3 aliphatic rings. The van der Waals surface area contributed by atoms with Gasteiger partial charge in [0.2, 0.25) is 0 Å². The van der Waals surface area contributed by atoms with E-state index in [4.69, 9.17) is 4.99 Å². The number of hydrogen-bond acceptors (Lipinski definition) is 3. The number of piperidine rings is 1. The zero-order valence-electron chi connectivity index (χ0n) is 15.8. The van der Waals surface area contributed by atoms with Crippen molar-refractivity contribution in [1.82, 2.24) is 20.4 Å². The largest absolute Gasteiger partial charge is 0.357 e. The monoisotopic (exact) mass is 335 g/mol. The van der Waals surface area contributed by atoms with Gasteiger partial charge >= 0.3 is 0 Å². The van der Waals surface area contributed by atoms with Crippen molar-refractivity contribution in [2.75, 3.05) is 39.8 Å². The van der Waals surface area contributed by atoms with Gasteiger partial charge in [-0.1, -0.05) is 12.8 Å². The van der Waals surface area contributed by atoms with E-state index in [0.29, 0.717) is 6.04 Å². The van der Waals surface area contributed by atoms with Gasteiger partial charge in [-0.05, 0) is 52.5 Å². The maximum absolute atomic E-state index is 4.82. The highest BCUT2D eigenvalue weighted by Gasteiger charge is 2.31. The van der Waals surface area contributed by atoms with Crippen LogP contribution >= 0.6 is 0 Å². The Bertz CT molecular complexity index is 393. The van der Waals surface area contributed by atoms with Gasteiger partial charge in [-0.2, -0.15) is 0 Å². The number of likely N-dealkylation sites (tertiary alicyclic amines) is 1. The van der Waals surface area contributed by atoms with Crippen LogP contribution in [0.3, 0.4) is 0 Å². The summed E-state index contributed by atoms with van der Waals surface area (Å²) in [6, 6.07) is 2.30. The summed E-state index contributed by atoms with van der Waals surface area (Å²) >= 11 is 0. The molecular weight excluding hydrogens is 298 g/mol. The molecule has 0 aromatic heterocycles. The summed E-state index contributed by atoms with van der Waals surface area (Å²) in [6.07, 6.45) is 10.9. The lowest BCUT2D eigenvalue weighted by molar-refractivity contribution is 0.197. The Balaban J connectivity index is 1.39. The minimum absolute atomic E-state index is 0.588. The van der Waals surface area contributed by atoms with Gasteiger partial charge in [0.1, 0.15) is 0 Å². The minimum Gasteiger partial charge on any atom is -0.357 e. The fourth-order valence-corrected chi connectivity index (χ4v) is 4.21.